The Morgan fingerprint density at radius 2 is 2.19 bits per heavy atom. The number of rotatable bonds is 5. The van der Waals surface area contributed by atoms with Gasteiger partial charge in [0.05, 0.1) is 31.0 Å². The molecule has 0 amide bonds. The smallest absolute Gasteiger partial charge is 0.242 e. The van der Waals surface area contributed by atoms with E-state index in [0.29, 0.717) is 41.0 Å². The highest BCUT2D eigenvalue weighted by Gasteiger charge is 2.11. The number of benzene rings is 1. The zero-order valence-electron chi connectivity index (χ0n) is 11.8. The lowest BCUT2D eigenvalue weighted by molar-refractivity contribution is 0.328. The third-order valence-corrected chi connectivity index (χ3v) is 2.71. The average molecular weight is 285 g/mol. The minimum atomic E-state index is 0.311. The van der Waals surface area contributed by atoms with Crippen molar-refractivity contribution in [2.75, 3.05) is 24.8 Å². The fraction of sp³-hybridized carbons (Fsp3) is 0.214. The molecule has 0 fully saturated rings. The second-order valence-corrected chi connectivity index (χ2v) is 4.03. The normalized spacial score (nSPS) is 9.76. The van der Waals surface area contributed by atoms with Gasteiger partial charge < -0.3 is 20.5 Å². The van der Waals surface area contributed by atoms with Crippen LogP contribution >= 0.6 is 0 Å². The highest BCUT2D eigenvalue weighted by Crippen LogP contribution is 2.32. The summed E-state index contributed by atoms with van der Waals surface area (Å²) in [4.78, 5) is 8.05. The van der Waals surface area contributed by atoms with Crippen LogP contribution in [0.1, 0.15) is 12.5 Å². The van der Waals surface area contributed by atoms with E-state index in [1.807, 2.05) is 6.92 Å². The Labute approximate surface area is 122 Å². The van der Waals surface area contributed by atoms with E-state index < -0.39 is 0 Å². The fourth-order valence-corrected chi connectivity index (χ4v) is 1.72. The van der Waals surface area contributed by atoms with Crippen molar-refractivity contribution in [3.63, 3.8) is 0 Å². The number of nitrogens with two attached hydrogens (primary N) is 1. The zero-order chi connectivity index (χ0) is 15.2. The predicted molar refractivity (Wildman–Crippen MR) is 78.6 cm³/mol. The van der Waals surface area contributed by atoms with Crippen LogP contribution in [-0.2, 0) is 0 Å². The first kappa shape index (κ1) is 14.4. The van der Waals surface area contributed by atoms with Crippen LogP contribution in [-0.4, -0.2) is 23.7 Å². The van der Waals surface area contributed by atoms with E-state index in [2.05, 4.69) is 21.4 Å². The molecule has 0 bridgehead atoms. The predicted octanol–water partition coefficient (Wildman–Crippen LogP) is 2.08. The minimum absolute atomic E-state index is 0.311. The van der Waals surface area contributed by atoms with Gasteiger partial charge >= 0.3 is 0 Å². The molecule has 7 heteroatoms. The van der Waals surface area contributed by atoms with Gasteiger partial charge in [0, 0.05) is 6.07 Å². The molecule has 0 spiro atoms. The Kier molecular flexibility index (Phi) is 4.41. The maximum Gasteiger partial charge on any atom is 0.242 e. The number of methoxy groups -OCH3 is 1. The molecule has 0 saturated carbocycles. The molecule has 108 valence electrons. The lowest BCUT2D eigenvalue weighted by atomic mass is 10.2. The summed E-state index contributed by atoms with van der Waals surface area (Å²) in [7, 11) is 1.52. The Morgan fingerprint density at radius 1 is 1.38 bits per heavy atom. The summed E-state index contributed by atoms with van der Waals surface area (Å²) >= 11 is 0. The van der Waals surface area contributed by atoms with Gasteiger partial charge in [-0.15, -0.1) is 0 Å². The molecule has 3 N–H and O–H groups in total. The van der Waals surface area contributed by atoms with Crippen molar-refractivity contribution in [2.45, 2.75) is 6.92 Å². The highest BCUT2D eigenvalue weighted by atomic mass is 16.5. The lowest BCUT2D eigenvalue weighted by Gasteiger charge is -2.13. The molecule has 1 heterocycles. The van der Waals surface area contributed by atoms with Gasteiger partial charge in [-0.2, -0.15) is 10.2 Å². The molecule has 7 nitrogen and oxygen atoms in total. The van der Waals surface area contributed by atoms with Crippen molar-refractivity contribution in [3.8, 4) is 17.7 Å². The minimum Gasteiger partial charge on any atom is -0.495 e. The number of nitrogen functional groups attached to an aromatic ring is 1. The van der Waals surface area contributed by atoms with E-state index in [1.54, 1.807) is 18.2 Å². The van der Waals surface area contributed by atoms with E-state index in [-0.39, 0.29) is 0 Å². The first-order valence-electron chi connectivity index (χ1n) is 6.28. The first-order valence-corrected chi connectivity index (χ1v) is 6.28. The summed E-state index contributed by atoms with van der Waals surface area (Å²) in [6.07, 6.45) is 1.36. The van der Waals surface area contributed by atoms with Crippen LogP contribution in [0.4, 0.5) is 17.2 Å². The molecule has 0 unspecified atom stereocenters. The highest BCUT2D eigenvalue weighted by molar-refractivity contribution is 5.75. The van der Waals surface area contributed by atoms with Gasteiger partial charge in [0.1, 0.15) is 17.8 Å². The van der Waals surface area contributed by atoms with E-state index in [1.165, 1.54) is 13.4 Å². The lowest BCUT2D eigenvalue weighted by Crippen LogP contribution is -2.05. The molecular weight excluding hydrogens is 270 g/mol. The van der Waals surface area contributed by atoms with Gasteiger partial charge in [0.25, 0.3) is 0 Å². The summed E-state index contributed by atoms with van der Waals surface area (Å²) in [5.74, 6) is 1.25. The topological polar surface area (TPSA) is 106 Å². The van der Waals surface area contributed by atoms with Crippen LogP contribution in [0, 0.1) is 11.3 Å². The van der Waals surface area contributed by atoms with Gasteiger partial charge in [-0.05, 0) is 19.1 Å². The molecule has 2 rings (SSSR count). The van der Waals surface area contributed by atoms with Crippen LogP contribution in [0.25, 0.3) is 0 Å². The van der Waals surface area contributed by atoms with Crippen LogP contribution < -0.4 is 20.5 Å². The van der Waals surface area contributed by atoms with E-state index in [4.69, 9.17) is 20.5 Å². The molecule has 0 aliphatic carbocycles. The third kappa shape index (κ3) is 3.12. The molecule has 1 aromatic carbocycles. The summed E-state index contributed by atoms with van der Waals surface area (Å²) in [6.45, 7) is 2.30. The summed E-state index contributed by atoms with van der Waals surface area (Å²) in [6, 6.07) is 7.07. The standard InChI is InChI=1S/C14H15N5O2/c1-3-21-14-12(16)13(17-8-18-14)19-10-5-4-9(7-15)6-11(10)20-2/h4-6,8H,3,16H2,1-2H3,(H,17,18,19). The number of ether oxygens (including phenoxy) is 2. The Bertz CT molecular complexity index is 682. The van der Waals surface area contributed by atoms with E-state index in [0.717, 1.165) is 0 Å². The van der Waals surface area contributed by atoms with Crippen molar-refractivity contribution in [2.24, 2.45) is 0 Å². The second kappa shape index (κ2) is 6.43. The molecule has 1 aromatic heterocycles. The molecule has 0 radical (unpaired) electrons. The number of nitriles is 1. The van der Waals surface area contributed by atoms with Gasteiger partial charge in [-0.25, -0.2) is 4.98 Å². The second-order valence-electron chi connectivity index (χ2n) is 4.03. The van der Waals surface area contributed by atoms with Crippen LogP contribution in [0.15, 0.2) is 24.5 Å². The summed E-state index contributed by atoms with van der Waals surface area (Å²) in [5.41, 5.74) is 7.42. The zero-order valence-corrected chi connectivity index (χ0v) is 11.8. The molecule has 2 aromatic rings. The van der Waals surface area contributed by atoms with Crippen molar-refractivity contribution in [1.29, 1.82) is 5.26 Å². The van der Waals surface area contributed by atoms with E-state index >= 15 is 0 Å². The molecule has 0 aliphatic heterocycles. The molecule has 0 aliphatic rings. The maximum atomic E-state index is 8.89. The fourth-order valence-electron chi connectivity index (χ4n) is 1.72. The first-order chi connectivity index (χ1) is 10.2. The quantitative estimate of drug-likeness (QED) is 0.866. The molecule has 0 atom stereocenters. The maximum absolute atomic E-state index is 8.89. The third-order valence-electron chi connectivity index (χ3n) is 2.71. The van der Waals surface area contributed by atoms with Crippen molar-refractivity contribution in [3.05, 3.63) is 30.1 Å². The van der Waals surface area contributed by atoms with Crippen LogP contribution in [0.2, 0.25) is 0 Å². The number of hydrogen-bond acceptors (Lipinski definition) is 7. The Balaban J connectivity index is 2.34. The molecule has 21 heavy (non-hydrogen) atoms. The van der Waals surface area contributed by atoms with Crippen LogP contribution in [0.5, 0.6) is 11.6 Å². The number of nitrogens with zero attached hydrogens (tertiary/aromatic N) is 3. The van der Waals surface area contributed by atoms with Gasteiger partial charge in [0.15, 0.2) is 5.82 Å². The van der Waals surface area contributed by atoms with Gasteiger partial charge in [-0.3, -0.25) is 0 Å². The van der Waals surface area contributed by atoms with Crippen molar-refractivity contribution >= 4 is 17.2 Å². The largest absolute Gasteiger partial charge is 0.495 e. The molecule has 0 saturated heterocycles. The average Bonchev–Trinajstić information content (AvgIpc) is 2.51. The van der Waals surface area contributed by atoms with Crippen molar-refractivity contribution < 1.29 is 9.47 Å². The Morgan fingerprint density at radius 3 is 2.86 bits per heavy atom. The van der Waals surface area contributed by atoms with E-state index in [9.17, 15) is 0 Å². The van der Waals surface area contributed by atoms with Crippen molar-refractivity contribution in [1.82, 2.24) is 9.97 Å². The van der Waals surface area contributed by atoms with Gasteiger partial charge in [0.2, 0.25) is 5.88 Å². The summed E-state index contributed by atoms with van der Waals surface area (Å²) < 4.78 is 10.6. The number of aromatic nitrogens is 2. The Hall–Kier alpha value is -3.01. The molecular formula is C14H15N5O2. The number of anilines is 3. The SMILES string of the molecule is CCOc1ncnc(Nc2ccc(C#N)cc2OC)c1N. The van der Waals surface area contributed by atoms with Gasteiger partial charge in [-0.1, -0.05) is 0 Å². The number of nitrogens with one attached hydrogen (secondary N) is 1. The summed E-state index contributed by atoms with van der Waals surface area (Å²) in [5, 5.41) is 11.9. The number of hydrogen-bond donors (Lipinski definition) is 2. The monoisotopic (exact) mass is 285 g/mol. The van der Waals surface area contributed by atoms with Crippen LogP contribution in [0.3, 0.4) is 0 Å².